The fourth-order valence-corrected chi connectivity index (χ4v) is 4.47. The third-order valence-electron chi connectivity index (χ3n) is 5.37. The molecule has 0 bridgehead atoms. The summed E-state index contributed by atoms with van der Waals surface area (Å²) >= 11 is 0. The van der Waals surface area contributed by atoms with Crippen molar-refractivity contribution >= 4 is 27.2 Å². The highest BCUT2D eigenvalue weighted by Crippen LogP contribution is 2.25. The molecule has 3 rings (SSSR count). The number of anilines is 1. The Kier molecular flexibility index (Phi) is 8.35. The van der Waals surface area contributed by atoms with Gasteiger partial charge in [0, 0.05) is 12.2 Å². The minimum atomic E-state index is -3.59. The van der Waals surface area contributed by atoms with Crippen molar-refractivity contribution in [2.24, 2.45) is 5.92 Å². The molecule has 2 N–H and O–H groups in total. The van der Waals surface area contributed by atoms with Crippen LogP contribution in [0.25, 0.3) is 16.7 Å². The first kappa shape index (κ1) is 26.7. The van der Waals surface area contributed by atoms with Gasteiger partial charge in [-0.2, -0.15) is 5.26 Å². The maximum Gasteiger partial charge on any atom is 0.284 e. The fourth-order valence-electron chi connectivity index (χ4n) is 3.26. The molecule has 186 valence electrons. The number of benzene rings is 3. The molecule has 9 heteroatoms. The Morgan fingerprint density at radius 2 is 1.58 bits per heavy atom. The van der Waals surface area contributed by atoms with Gasteiger partial charge in [0.2, 0.25) is 10.0 Å². The van der Waals surface area contributed by atoms with Gasteiger partial charge in [0.1, 0.15) is 11.9 Å². The summed E-state index contributed by atoms with van der Waals surface area (Å²) in [6.07, 6.45) is 0. The van der Waals surface area contributed by atoms with Gasteiger partial charge in [-0.05, 0) is 71.5 Å². The van der Waals surface area contributed by atoms with Gasteiger partial charge in [-0.1, -0.05) is 44.2 Å². The molecule has 3 aromatic carbocycles. The van der Waals surface area contributed by atoms with Crippen LogP contribution in [0.3, 0.4) is 0 Å². The first-order chi connectivity index (χ1) is 17.0. The number of halogens is 2. The lowest BCUT2D eigenvalue weighted by molar-refractivity contribution is -0.114. The van der Waals surface area contributed by atoms with Gasteiger partial charge in [0.15, 0.2) is 5.83 Å². The predicted molar refractivity (Wildman–Crippen MR) is 135 cm³/mol. The molecule has 0 aliphatic rings. The zero-order valence-electron chi connectivity index (χ0n) is 20.0. The van der Waals surface area contributed by atoms with Crippen LogP contribution in [0.15, 0.2) is 77.5 Å². The largest absolute Gasteiger partial charge is 0.320 e. The number of carbonyl (C=O) groups is 1. The first-order valence-electron chi connectivity index (χ1n) is 11.1. The molecule has 0 radical (unpaired) electrons. The Balaban J connectivity index is 1.72. The lowest BCUT2D eigenvalue weighted by Crippen LogP contribution is -2.27. The summed E-state index contributed by atoms with van der Waals surface area (Å²) in [6.45, 7) is 5.55. The second-order valence-electron chi connectivity index (χ2n) is 8.55. The number of nitrogens with one attached hydrogen (secondary N) is 2. The van der Waals surface area contributed by atoms with Crippen molar-refractivity contribution in [3.63, 3.8) is 0 Å². The molecule has 0 aliphatic carbocycles. The van der Waals surface area contributed by atoms with Gasteiger partial charge in [-0.25, -0.2) is 21.9 Å². The van der Waals surface area contributed by atoms with Gasteiger partial charge >= 0.3 is 0 Å². The number of hydrogen-bond acceptors (Lipinski definition) is 4. The Labute approximate surface area is 209 Å². The number of nitrogens with zero attached hydrogens (tertiary/aromatic N) is 1. The number of carbonyl (C=O) groups excluding carboxylic acids is 1. The molecule has 0 heterocycles. The number of rotatable bonds is 8. The van der Waals surface area contributed by atoms with Crippen LogP contribution >= 0.6 is 0 Å². The van der Waals surface area contributed by atoms with Crippen LogP contribution in [0.2, 0.25) is 0 Å². The molecule has 3 aromatic rings. The SMILES string of the molecule is CC(=C(F)C(=O)Nc1ccc(-c2ccc(S(=O)(=O)NCC(C)C)cc2)cc1)c1ccc(F)c(C#N)c1. The van der Waals surface area contributed by atoms with Crippen molar-refractivity contribution < 1.29 is 22.0 Å². The summed E-state index contributed by atoms with van der Waals surface area (Å²) in [5.74, 6) is -2.58. The quantitative estimate of drug-likeness (QED) is 0.384. The molecule has 0 atom stereocenters. The Hall–Kier alpha value is -3.87. The summed E-state index contributed by atoms with van der Waals surface area (Å²) in [5, 5.41) is 11.4. The molecular weight excluding hydrogens is 484 g/mol. The van der Waals surface area contributed by atoms with E-state index in [1.54, 1.807) is 42.5 Å². The van der Waals surface area contributed by atoms with E-state index in [4.69, 9.17) is 5.26 Å². The van der Waals surface area contributed by atoms with E-state index < -0.39 is 27.6 Å². The van der Waals surface area contributed by atoms with Crippen LogP contribution in [0.5, 0.6) is 0 Å². The van der Waals surface area contributed by atoms with Crippen molar-refractivity contribution in [3.05, 3.63) is 89.5 Å². The van der Waals surface area contributed by atoms with E-state index in [9.17, 15) is 22.0 Å². The maximum absolute atomic E-state index is 14.7. The van der Waals surface area contributed by atoms with Crippen LogP contribution < -0.4 is 10.0 Å². The van der Waals surface area contributed by atoms with Crippen LogP contribution in [0.1, 0.15) is 31.9 Å². The standard InChI is InChI=1S/C27H25F2N3O3S/c1-17(2)16-31-36(34,35)24-11-6-20(7-12-24)19-4-9-23(10-5-19)32-27(33)26(29)18(3)21-8-13-25(28)22(14-21)15-30/h4-14,17,31H,16H2,1-3H3,(H,32,33). The normalized spacial score (nSPS) is 12.1. The summed E-state index contributed by atoms with van der Waals surface area (Å²) in [4.78, 5) is 12.5. The van der Waals surface area contributed by atoms with E-state index >= 15 is 0 Å². The van der Waals surface area contributed by atoms with Crippen molar-refractivity contribution in [1.82, 2.24) is 4.72 Å². The van der Waals surface area contributed by atoms with E-state index in [0.29, 0.717) is 12.2 Å². The number of sulfonamides is 1. The molecule has 0 unspecified atom stereocenters. The van der Waals surface area contributed by atoms with Crippen LogP contribution in [-0.2, 0) is 14.8 Å². The monoisotopic (exact) mass is 509 g/mol. The van der Waals surface area contributed by atoms with Crippen molar-refractivity contribution in [1.29, 1.82) is 5.26 Å². The van der Waals surface area contributed by atoms with E-state index in [1.165, 1.54) is 31.2 Å². The summed E-state index contributed by atoms with van der Waals surface area (Å²) in [7, 11) is -3.59. The molecule has 6 nitrogen and oxygen atoms in total. The van der Waals surface area contributed by atoms with Gasteiger partial charge in [-0.3, -0.25) is 4.79 Å². The number of allylic oxidation sites excluding steroid dienone is 1. The molecule has 36 heavy (non-hydrogen) atoms. The first-order valence-corrected chi connectivity index (χ1v) is 12.6. The summed E-state index contributed by atoms with van der Waals surface area (Å²) < 4.78 is 55.5. The highest BCUT2D eigenvalue weighted by atomic mass is 32.2. The van der Waals surface area contributed by atoms with Crippen molar-refractivity contribution in [3.8, 4) is 17.2 Å². The van der Waals surface area contributed by atoms with Gasteiger partial charge < -0.3 is 5.32 Å². The number of hydrogen-bond donors (Lipinski definition) is 2. The molecule has 0 saturated carbocycles. The van der Waals surface area contributed by atoms with Gasteiger partial charge in [0.05, 0.1) is 10.5 Å². The van der Waals surface area contributed by atoms with E-state index in [1.807, 2.05) is 13.8 Å². The molecule has 0 saturated heterocycles. The molecular formula is C27H25F2N3O3S. The van der Waals surface area contributed by atoms with E-state index in [-0.39, 0.29) is 27.5 Å². The third kappa shape index (κ3) is 6.42. The lowest BCUT2D eigenvalue weighted by Gasteiger charge is -2.10. The second kappa shape index (κ2) is 11.2. The van der Waals surface area contributed by atoms with Crippen LogP contribution in [0, 0.1) is 23.1 Å². The Morgan fingerprint density at radius 1 is 1.00 bits per heavy atom. The van der Waals surface area contributed by atoms with Crippen molar-refractivity contribution in [2.75, 3.05) is 11.9 Å². The van der Waals surface area contributed by atoms with E-state index in [2.05, 4.69) is 10.0 Å². The Bertz CT molecular complexity index is 1440. The highest BCUT2D eigenvalue weighted by molar-refractivity contribution is 7.89. The maximum atomic E-state index is 14.7. The zero-order valence-corrected chi connectivity index (χ0v) is 20.8. The third-order valence-corrected chi connectivity index (χ3v) is 6.81. The highest BCUT2D eigenvalue weighted by Gasteiger charge is 2.16. The topological polar surface area (TPSA) is 99.1 Å². The second-order valence-corrected chi connectivity index (χ2v) is 10.3. The molecule has 1 amide bonds. The van der Waals surface area contributed by atoms with E-state index in [0.717, 1.165) is 17.2 Å². The minimum Gasteiger partial charge on any atom is -0.320 e. The fraction of sp³-hybridized carbons (Fsp3) is 0.185. The Morgan fingerprint density at radius 3 is 2.14 bits per heavy atom. The average molecular weight is 510 g/mol. The van der Waals surface area contributed by atoms with Crippen LogP contribution in [0.4, 0.5) is 14.5 Å². The smallest absolute Gasteiger partial charge is 0.284 e. The molecule has 0 spiro atoms. The molecule has 0 fully saturated rings. The average Bonchev–Trinajstić information content (AvgIpc) is 2.87. The molecule has 0 aromatic heterocycles. The zero-order chi connectivity index (χ0) is 26.5. The number of nitriles is 1. The predicted octanol–water partition coefficient (Wildman–Crippen LogP) is 5.64. The lowest BCUT2D eigenvalue weighted by atomic mass is 10.0. The van der Waals surface area contributed by atoms with Gasteiger partial charge in [-0.15, -0.1) is 0 Å². The van der Waals surface area contributed by atoms with Gasteiger partial charge in [0.25, 0.3) is 5.91 Å². The molecule has 0 aliphatic heterocycles. The van der Waals surface area contributed by atoms with Crippen molar-refractivity contribution in [2.45, 2.75) is 25.7 Å². The van der Waals surface area contributed by atoms with Crippen LogP contribution in [-0.4, -0.2) is 20.9 Å². The summed E-state index contributed by atoms with van der Waals surface area (Å²) in [5.41, 5.74) is 1.84. The summed E-state index contributed by atoms with van der Waals surface area (Å²) in [6, 6.07) is 18.2. The minimum absolute atomic E-state index is 0.0291. The number of amides is 1.